The summed E-state index contributed by atoms with van der Waals surface area (Å²) in [5.74, 6) is -0.618. The van der Waals surface area contributed by atoms with Gasteiger partial charge in [-0.1, -0.05) is 36.4 Å². The molecule has 0 radical (unpaired) electrons. The third-order valence-electron chi connectivity index (χ3n) is 5.83. The number of nitrogens with one attached hydrogen (secondary N) is 1. The molecule has 0 spiro atoms. The highest BCUT2D eigenvalue weighted by Gasteiger charge is 2.26. The molecule has 0 saturated carbocycles. The number of rotatable bonds is 7. The van der Waals surface area contributed by atoms with Crippen LogP contribution in [0.4, 0.5) is 5.69 Å². The summed E-state index contributed by atoms with van der Waals surface area (Å²) in [6.07, 6.45) is 0. The topological polar surface area (TPSA) is 93.4 Å². The van der Waals surface area contributed by atoms with Gasteiger partial charge < -0.3 is 10.2 Å². The summed E-state index contributed by atoms with van der Waals surface area (Å²) in [7, 11) is 0. The molecule has 0 bridgehead atoms. The molecule has 0 saturated heterocycles. The zero-order valence-corrected chi connectivity index (χ0v) is 20.6. The molecule has 0 aliphatic rings. The molecule has 0 atom stereocenters. The zero-order chi connectivity index (χ0) is 25.1. The van der Waals surface area contributed by atoms with E-state index in [0.29, 0.717) is 39.7 Å². The highest BCUT2D eigenvalue weighted by atomic mass is 32.1. The van der Waals surface area contributed by atoms with Crippen molar-refractivity contribution in [3.05, 3.63) is 91.9 Å². The van der Waals surface area contributed by atoms with E-state index in [9.17, 15) is 19.2 Å². The highest BCUT2D eigenvalue weighted by Crippen LogP contribution is 2.29. The number of aromatic nitrogens is 2. The summed E-state index contributed by atoms with van der Waals surface area (Å²) in [5.41, 5.74) is 0.346. The molecule has 0 fully saturated rings. The van der Waals surface area contributed by atoms with E-state index in [1.165, 1.54) is 4.57 Å². The Bertz CT molecular complexity index is 1500. The lowest BCUT2D eigenvalue weighted by molar-refractivity contribution is -0.116. The van der Waals surface area contributed by atoms with E-state index in [1.54, 1.807) is 66.4 Å². The van der Waals surface area contributed by atoms with Gasteiger partial charge in [-0.15, -0.1) is 11.3 Å². The summed E-state index contributed by atoms with van der Waals surface area (Å²) in [6, 6.07) is 17.5. The van der Waals surface area contributed by atoms with E-state index >= 15 is 0 Å². The average molecular weight is 491 g/mol. The van der Waals surface area contributed by atoms with E-state index in [4.69, 9.17) is 0 Å². The quantitative estimate of drug-likeness (QED) is 0.428. The lowest BCUT2D eigenvalue weighted by Gasteiger charge is -2.17. The summed E-state index contributed by atoms with van der Waals surface area (Å²) in [5, 5.41) is 3.05. The highest BCUT2D eigenvalue weighted by molar-refractivity contribution is 7.20. The smallest absolute Gasteiger partial charge is 0.337 e. The maximum absolute atomic E-state index is 13.6. The largest absolute Gasteiger partial charge is 0.338 e. The second kappa shape index (κ2) is 10.1. The third kappa shape index (κ3) is 4.54. The summed E-state index contributed by atoms with van der Waals surface area (Å²) < 4.78 is 2.34. The van der Waals surface area contributed by atoms with Crippen LogP contribution in [0.1, 0.15) is 29.1 Å². The summed E-state index contributed by atoms with van der Waals surface area (Å²) in [6.45, 7) is 6.21. The van der Waals surface area contributed by atoms with Gasteiger partial charge in [0.2, 0.25) is 5.91 Å². The number of para-hydroxylation sites is 2. The maximum atomic E-state index is 13.6. The number of thiophene rings is 1. The van der Waals surface area contributed by atoms with Crippen LogP contribution in [0.3, 0.4) is 0 Å². The number of hydrogen-bond donors (Lipinski definition) is 1. The SMILES string of the molecule is CCN(CC)C(=O)c1sc2c(c1C)c(=O)n(-c1ccccc1)c(=O)n2CC(=O)Nc1ccccc1. The number of anilines is 1. The molecule has 0 aliphatic carbocycles. The molecule has 35 heavy (non-hydrogen) atoms. The molecule has 2 amide bonds. The van der Waals surface area contributed by atoms with Crippen molar-refractivity contribution in [1.82, 2.24) is 14.0 Å². The van der Waals surface area contributed by atoms with Crippen LogP contribution in [0, 0.1) is 6.92 Å². The van der Waals surface area contributed by atoms with Gasteiger partial charge in [0.15, 0.2) is 0 Å². The van der Waals surface area contributed by atoms with Gasteiger partial charge in [0.25, 0.3) is 11.5 Å². The second-order valence-corrected chi connectivity index (χ2v) is 8.97. The molecular formula is C26H26N4O4S. The van der Waals surface area contributed by atoms with E-state index in [1.807, 2.05) is 19.9 Å². The van der Waals surface area contributed by atoms with Gasteiger partial charge in [-0.2, -0.15) is 0 Å². The molecule has 2 heterocycles. The fourth-order valence-electron chi connectivity index (χ4n) is 4.01. The fraction of sp³-hybridized carbons (Fsp3) is 0.231. The van der Waals surface area contributed by atoms with Gasteiger partial charge in [0, 0.05) is 18.8 Å². The first-order valence-corrected chi connectivity index (χ1v) is 12.2. The normalized spacial score (nSPS) is 10.9. The molecule has 2 aromatic carbocycles. The fourth-order valence-corrected chi connectivity index (χ4v) is 5.27. The number of hydrogen-bond acceptors (Lipinski definition) is 5. The van der Waals surface area contributed by atoms with E-state index in [2.05, 4.69) is 5.32 Å². The van der Waals surface area contributed by atoms with Gasteiger partial charge in [0.05, 0.1) is 16.0 Å². The molecule has 4 aromatic rings. The number of amides is 2. The Morgan fingerprint density at radius 1 is 0.943 bits per heavy atom. The minimum absolute atomic E-state index is 0.202. The lowest BCUT2D eigenvalue weighted by Crippen LogP contribution is -2.40. The molecule has 2 aromatic heterocycles. The molecule has 4 rings (SSSR count). The number of fused-ring (bicyclic) bond motifs is 1. The van der Waals surface area contributed by atoms with Crippen molar-refractivity contribution in [2.45, 2.75) is 27.3 Å². The molecule has 1 N–H and O–H groups in total. The molecule has 8 nitrogen and oxygen atoms in total. The van der Waals surface area contributed by atoms with Crippen molar-refractivity contribution in [2.24, 2.45) is 0 Å². The van der Waals surface area contributed by atoms with Crippen LogP contribution in [0.5, 0.6) is 0 Å². The van der Waals surface area contributed by atoms with E-state index in [0.717, 1.165) is 15.9 Å². The Hall–Kier alpha value is -3.98. The minimum atomic E-state index is -0.639. The van der Waals surface area contributed by atoms with Gasteiger partial charge in [-0.05, 0) is 50.6 Å². The van der Waals surface area contributed by atoms with Gasteiger partial charge >= 0.3 is 5.69 Å². The van der Waals surface area contributed by atoms with Crippen molar-refractivity contribution < 1.29 is 9.59 Å². The molecule has 180 valence electrons. The first-order chi connectivity index (χ1) is 16.9. The van der Waals surface area contributed by atoms with Crippen LogP contribution in [-0.2, 0) is 11.3 Å². The predicted molar refractivity (Wildman–Crippen MR) is 139 cm³/mol. The zero-order valence-electron chi connectivity index (χ0n) is 19.8. The Morgan fingerprint density at radius 2 is 1.54 bits per heavy atom. The Kier molecular flexibility index (Phi) is 6.97. The Morgan fingerprint density at radius 3 is 2.14 bits per heavy atom. The number of nitrogens with zero attached hydrogens (tertiary/aromatic N) is 3. The number of carbonyl (C=O) groups excluding carboxylic acids is 2. The standard InChI is InChI=1S/C26H26N4O4S/c1-4-28(5-2)24(33)22-17(3)21-23(32)30(19-14-10-7-11-15-19)26(34)29(25(21)35-22)16-20(31)27-18-12-8-6-9-13-18/h6-15H,4-5,16H2,1-3H3,(H,27,31). The molecule has 0 unspecified atom stereocenters. The monoisotopic (exact) mass is 490 g/mol. The van der Waals surface area contributed by atoms with Crippen LogP contribution in [0.25, 0.3) is 15.9 Å². The number of carbonyl (C=O) groups is 2. The number of aryl methyl sites for hydroxylation is 1. The van der Waals surface area contributed by atoms with E-state index in [-0.39, 0.29) is 17.8 Å². The Labute approximate surface area is 206 Å². The molecule has 9 heteroatoms. The molecular weight excluding hydrogens is 464 g/mol. The summed E-state index contributed by atoms with van der Waals surface area (Å²) in [4.78, 5) is 55.6. The van der Waals surface area contributed by atoms with Crippen molar-refractivity contribution in [3.8, 4) is 5.69 Å². The first-order valence-electron chi connectivity index (χ1n) is 11.4. The Balaban J connectivity index is 1.93. The van der Waals surface area contributed by atoms with Gasteiger partial charge in [-0.25, -0.2) is 9.36 Å². The minimum Gasteiger partial charge on any atom is -0.338 e. The summed E-state index contributed by atoms with van der Waals surface area (Å²) >= 11 is 1.08. The average Bonchev–Trinajstić information content (AvgIpc) is 3.21. The van der Waals surface area contributed by atoms with Crippen LogP contribution < -0.4 is 16.6 Å². The maximum Gasteiger partial charge on any atom is 0.337 e. The number of benzene rings is 2. The van der Waals surface area contributed by atoms with Crippen LogP contribution in [0.2, 0.25) is 0 Å². The predicted octanol–water partition coefficient (Wildman–Crippen LogP) is 3.64. The van der Waals surface area contributed by atoms with E-state index < -0.39 is 17.2 Å². The van der Waals surface area contributed by atoms with Crippen molar-refractivity contribution >= 4 is 39.1 Å². The van der Waals surface area contributed by atoms with Crippen LogP contribution >= 0.6 is 11.3 Å². The molecule has 0 aliphatic heterocycles. The first kappa shape index (κ1) is 24.2. The third-order valence-corrected chi connectivity index (χ3v) is 7.13. The van der Waals surface area contributed by atoms with Gasteiger partial charge in [0.1, 0.15) is 11.4 Å². The van der Waals surface area contributed by atoms with Crippen molar-refractivity contribution in [2.75, 3.05) is 18.4 Å². The van der Waals surface area contributed by atoms with Crippen LogP contribution in [0.15, 0.2) is 70.3 Å². The second-order valence-electron chi connectivity index (χ2n) is 7.97. The lowest BCUT2D eigenvalue weighted by atomic mass is 10.2. The van der Waals surface area contributed by atoms with Gasteiger partial charge in [-0.3, -0.25) is 19.0 Å². The van der Waals surface area contributed by atoms with Crippen molar-refractivity contribution in [1.29, 1.82) is 0 Å². The van der Waals surface area contributed by atoms with Crippen LogP contribution in [-0.4, -0.2) is 38.9 Å². The van der Waals surface area contributed by atoms with Crippen molar-refractivity contribution in [3.63, 3.8) is 0 Å².